The van der Waals surface area contributed by atoms with E-state index in [0.29, 0.717) is 48.6 Å². The van der Waals surface area contributed by atoms with Crippen LogP contribution in [0.1, 0.15) is 38.6 Å². The molecule has 0 aliphatic heterocycles. The molecule has 1 atom stereocenters. The van der Waals surface area contributed by atoms with E-state index in [2.05, 4.69) is 15.4 Å². The summed E-state index contributed by atoms with van der Waals surface area (Å²) in [6.45, 7) is 6.81. The van der Waals surface area contributed by atoms with E-state index < -0.39 is 6.10 Å². The molecule has 1 heterocycles. The summed E-state index contributed by atoms with van der Waals surface area (Å²) in [4.78, 5) is 17.5. The van der Waals surface area contributed by atoms with Crippen molar-refractivity contribution in [1.29, 1.82) is 0 Å². The zero-order chi connectivity index (χ0) is 25.8. The van der Waals surface area contributed by atoms with Gasteiger partial charge in [0.2, 0.25) is 5.89 Å². The van der Waals surface area contributed by atoms with Crippen molar-refractivity contribution in [3.05, 3.63) is 65.0 Å². The Balaban J connectivity index is 1.67. The van der Waals surface area contributed by atoms with Crippen molar-refractivity contribution >= 4 is 23.3 Å². The third-order valence-electron chi connectivity index (χ3n) is 4.87. The monoisotopic (exact) mass is 515 g/mol. The molecule has 0 saturated carbocycles. The van der Waals surface area contributed by atoms with Crippen molar-refractivity contribution in [2.45, 2.75) is 39.7 Å². The number of hydrogen-bond donors (Lipinski definition) is 0. The smallest absolute Gasteiger partial charge is 0.335 e. The minimum Gasteiger partial charge on any atom is -0.487 e. The highest BCUT2D eigenvalue weighted by molar-refractivity contribution is 6.30. The van der Waals surface area contributed by atoms with Crippen LogP contribution in [0.25, 0.3) is 11.5 Å². The van der Waals surface area contributed by atoms with Crippen LogP contribution in [0.3, 0.4) is 0 Å². The van der Waals surface area contributed by atoms with Crippen molar-refractivity contribution in [2.24, 2.45) is 5.16 Å². The van der Waals surface area contributed by atoms with Crippen molar-refractivity contribution in [1.82, 2.24) is 10.2 Å². The maximum absolute atomic E-state index is 12.1. The Morgan fingerprint density at radius 1 is 1.03 bits per heavy atom. The van der Waals surface area contributed by atoms with Gasteiger partial charge in [0.05, 0.1) is 6.61 Å². The minimum absolute atomic E-state index is 0.0513. The van der Waals surface area contributed by atoms with Crippen LogP contribution in [-0.2, 0) is 25.5 Å². The molecule has 0 aliphatic rings. The number of carbonyl (C=O) groups is 1. The number of aromatic nitrogens is 2. The van der Waals surface area contributed by atoms with Gasteiger partial charge in [-0.25, -0.2) is 4.79 Å². The predicted molar refractivity (Wildman–Crippen MR) is 135 cm³/mol. The zero-order valence-electron chi connectivity index (χ0n) is 20.6. The fraction of sp³-hybridized carbons (Fsp3) is 0.385. The van der Waals surface area contributed by atoms with Gasteiger partial charge in [0, 0.05) is 23.6 Å². The summed E-state index contributed by atoms with van der Waals surface area (Å²) >= 11 is 5.95. The molecule has 0 amide bonds. The first-order valence-corrected chi connectivity index (χ1v) is 12.2. The third-order valence-corrected chi connectivity index (χ3v) is 5.12. The number of carbonyl (C=O) groups excluding carboxylic acids is 1. The largest absolute Gasteiger partial charge is 0.487 e. The predicted octanol–water partition coefficient (Wildman–Crippen LogP) is 5.11. The molecular formula is C26H30ClN3O6. The van der Waals surface area contributed by atoms with Crippen molar-refractivity contribution < 1.29 is 28.3 Å². The summed E-state index contributed by atoms with van der Waals surface area (Å²) < 4.78 is 22.3. The first-order valence-electron chi connectivity index (χ1n) is 11.8. The van der Waals surface area contributed by atoms with E-state index >= 15 is 0 Å². The standard InChI is InChI=1S/C26H30ClN3O6/c1-4-15-35-30-22(25-29-28-24(36-25)19-9-11-20(27)12-10-19)17-34-21-13-7-18(8-14-21)16-23(32-5-2)26(31)33-6-3/h7-14,23H,4-6,15-17H2,1-3H3. The van der Waals surface area contributed by atoms with E-state index in [4.69, 9.17) is 35.1 Å². The Bertz CT molecular complexity index is 1120. The fourth-order valence-corrected chi connectivity index (χ4v) is 3.25. The van der Waals surface area contributed by atoms with Gasteiger partial charge in [-0.3, -0.25) is 0 Å². The molecule has 0 fully saturated rings. The molecule has 192 valence electrons. The number of hydrogen-bond acceptors (Lipinski definition) is 9. The first-order chi connectivity index (χ1) is 17.5. The van der Waals surface area contributed by atoms with Crippen LogP contribution in [0.15, 0.2) is 58.1 Å². The second kappa shape index (κ2) is 14.2. The molecule has 2 aromatic carbocycles. The number of benzene rings is 2. The van der Waals surface area contributed by atoms with Gasteiger partial charge in [-0.15, -0.1) is 10.2 Å². The molecule has 0 saturated heterocycles. The molecule has 10 heteroatoms. The summed E-state index contributed by atoms with van der Waals surface area (Å²) in [5.74, 6) is 0.759. The fourth-order valence-electron chi connectivity index (χ4n) is 3.13. The zero-order valence-corrected chi connectivity index (χ0v) is 21.4. The van der Waals surface area contributed by atoms with E-state index in [1.165, 1.54) is 0 Å². The topological polar surface area (TPSA) is 105 Å². The summed E-state index contributed by atoms with van der Waals surface area (Å²) in [5, 5.41) is 13.0. The van der Waals surface area contributed by atoms with Gasteiger partial charge in [0.25, 0.3) is 5.89 Å². The number of nitrogens with zero attached hydrogens (tertiary/aromatic N) is 3. The van der Waals surface area contributed by atoms with Crippen LogP contribution < -0.4 is 4.74 Å². The summed E-state index contributed by atoms with van der Waals surface area (Å²) in [6, 6.07) is 14.4. The van der Waals surface area contributed by atoms with Gasteiger partial charge in [-0.1, -0.05) is 35.8 Å². The highest BCUT2D eigenvalue weighted by atomic mass is 35.5. The number of halogens is 1. The minimum atomic E-state index is -0.650. The second-order valence-electron chi connectivity index (χ2n) is 7.62. The van der Waals surface area contributed by atoms with Crippen LogP contribution >= 0.6 is 11.6 Å². The lowest BCUT2D eigenvalue weighted by Crippen LogP contribution is -2.28. The normalized spacial score (nSPS) is 12.3. The van der Waals surface area contributed by atoms with Crippen LogP contribution in [0.2, 0.25) is 5.02 Å². The average Bonchev–Trinajstić information content (AvgIpc) is 3.37. The van der Waals surface area contributed by atoms with E-state index in [-0.39, 0.29) is 18.5 Å². The molecule has 0 radical (unpaired) electrons. The molecule has 1 aromatic heterocycles. The van der Waals surface area contributed by atoms with Crippen LogP contribution in [0, 0.1) is 0 Å². The van der Waals surface area contributed by atoms with Crippen molar-refractivity contribution in [2.75, 3.05) is 26.4 Å². The first kappa shape index (κ1) is 27.2. The van der Waals surface area contributed by atoms with E-state index in [0.717, 1.165) is 17.5 Å². The number of oxime groups is 1. The van der Waals surface area contributed by atoms with Crippen molar-refractivity contribution in [3.63, 3.8) is 0 Å². The van der Waals surface area contributed by atoms with E-state index in [1.807, 2.05) is 26.0 Å². The third kappa shape index (κ3) is 8.07. The van der Waals surface area contributed by atoms with Gasteiger partial charge >= 0.3 is 5.97 Å². The van der Waals surface area contributed by atoms with Crippen LogP contribution in [0.5, 0.6) is 5.75 Å². The molecule has 9 nitrogen and oxygen atoms in total. The quantitative estimate of drug-likeness (QED) is 0.126. The number of esters is 1. The summed E-state index contributed by atoms with van der Waals surface area (Å²) in [7, 11) is 0. The van der Waals surface area contributed by atoms with Crippen LogP contribution in [-0.4, -0.2) is 54.4 Å². The molecule has 0 aliphatic carbocycles. The van der Waals surface area contributed by atoms with Gasteiger partial charge in [0.1, 0.15) is 19.0 Å². The summed E-state index contributed by atoms with van der Waals surface area (Å²) in [6.07, 6.45) is 0.552. The second-order valence-corrected chi connectivity index (χ2v) is 8.06. The van der Waals surface area contributed by atoms with Crippen molar-refractivity contribution in [3.8, 4) is 17.2 Å². The number of ether oxygens (including phenoxy) is 3. The van der Waals surface area contributed by atoms with E-state index in [9.17, 15) is 4.79 Å². The Hall–Kier alpha value is -3.43. The molecule has 3 rings (SSSR count). The highest BCUT2D eigenvalue weighted by Gasteiger charge is 2.21. The molecule has 1 unspecified atom stereocenters. The summed E-state index contributed by atoms with van der Waals surface area (Å²) in [5.41, 5.74) is 2.01. The molecule has 0 N–H and O–H groups in total. The van der Waals surface area contributed by atoms with Crippen LogP contribution in [0.4, 0.5) is 0 Å². The lowest BCUT2D eigenvalue weighted by molar-refractivity contribution is -0.156. The molecular weight excluding hydrogens is 486 g/mol. The molecule has 0 bridgehead atoms. The van der Waals surface area contributed by atoms with Gasteiger partial charge < -0.3 is 23.5 Å². The average molecular weight is 516 g/mol. The maximum Gasteiger partial charge on any atom is 0.335 e. The Kier molecular flexibility index (Phi) is 10.7. The maximum atomic E-state index is 12.1. The Labute approximate surface area is 215 Å². The number of rotatable bonds is 14. The van der Waals surface area contributed by atoms with Gasteiger partial charge in [-0.05, 0) is 62.2 Å². The molecule has 36 heavy (non-hydrogen) atoms. The Morgan fingerprint density at radius 3 is 2.44 bits per heavy atom. The lowest BCUT2D eigenvalue weighted by Gasteiger charge is -2.15. The van der Waals surface area contributed by atoms with Gasteiger partial charge in [0.15, 0.2) is 11.8 Å². The van der Waals surface area contributed by atoms with Gasteiger partial charge in [-0.2, -0.15) is 0 Å². The Morgan fingerprint density at radius 2 is 1.78 bits per heavy atom. The molecule has 0 spiro atoms. The van der Waals surface area contributed by atoms with E-state index in [1.54, 1.807) is 43.3 Å². The highest BCUT2D eigenvalue weighted by Crippen LogP contribution is 2.21. The molecule has 3 aromatic rings. The lowest BCUT2D eigenvalue weighted by atomic mass is 10.1. The SMILES string of the molecule is CCCON=C(COc1ccc(CC(OCC)C(=O)OCC)cc1)c1nnc(-c2ccc(Cl)cc2)o1.